The molecule has 5 heteroatoms. The highest BCUT2D eigenvalue weighted by Crippen LogP contribution is 2.10. The van der Waals surface area contributed by atoms with Gasteiger partial charge in [0.1, 0.15) is 0 Å². The number of amides is 3. The SMILES string of the molecule is O=C(CCc1ccccc1)N1CCN(C(=O)Nc2ccccc2)CC1. The number of urea groups is 1. The van der Waals surface area contributed by atoms with E-state index in [-0.39, 0.29) is 11.9 Å². The van der Waals surface area contributed by atoms with Crippen LogP contribution in [0.25, 0.3) is 0 Å². The Morgan fingerprint density at radius 1 is 0.800 bits per heavy atom. The van der Waals surface area contributed by atoms with Crippen molar-refractivity contribution in [2.24, 2.45) is 0 Å². The lowest BCUT2D eigenvalue weighted by Crippen LogP contribution is -2.51. The normalized spacial score (nSPS) is 14.2. The molecule has 0 aromatic heterocycles. The predicted octanol–water partition coefficient (Wildman–Crippen LogP) is 3.00. The minimum absolute atomic E-state index is 0.109. The smallest absolute Gasteiger partial charge is 0.321 e. The zero-order valence-corrected chi connectivity index (χ0v) is 14.2. The van der Waals surface area contributed by atoms with Crippen molar-refractivity contribution in [2.45, 2.75) is 12.8 Å². The van der Waals surface area contributed by atoms with Crippen molar-refractivity contribution < 1.29 is 9.59 Å². The maximum Gasteiger partial charge on any atom is 0.321 e. The van der Waals surface area contributed by atoms with E-state index < -0.39 is 0 Å². The van der Waals surface area contributed by atoms with Gasteiger partial charge in [0.2, 0.25) is 5.91 Å². The first kappa shape index (κ1) is 17.0. The third-order valence-electron chi connectivity index (χ3n) is 4.42. The number of para-hydroxylation sites is 1. The number of benzene rings is 2. The molecule has 0 radical (unpaired) electrons. The fourth-order valence-corrected chi connectivity index (χ4v) is 2.94. The summed E-state index contributed by atoms with van der Waals surface area (Å²) in [6.45, 7) is 2.32. The highest BCUT2D eigenvalue weighted by molar-refractivity contribution is 5.89. The van der Waals surface area contributed by atoms with Crippen molar-refractivity contribution in [3.63, 3.8) is 0 Å². The van der Waals surface area contributed by atoms with Gasteiger partial charge in [-0.2, -0.15) is 0 Å². The van der Waals surface area contributed by atoms with Gasteiger partial charge in [0.25, 0.3) is 0 Å². The second-order valence-electron chi connectivity index (χ2n) is 6.15. The average Bonchev–Trinajstić information content (AvgIpc) is 2.68. The van der Waals surface area contributed by atoms with Crippen LogP contribution in [0.15, 0.2) is 60.7 Å². The van der Waals surface area contributed by atoms with E-state index in [0.717, 1.165) is 12.1 Å². The Balaban J connectivity index is 1.43. The summed E-state index contributed by atoms with van der Waals surface area (Å²) < 4.78 is 0. The van der Waals surface area contributed by atoms with Gasteiger partial charge in [0.15, 0.2) is 0 Å². The third kappa shape index (κ3) is 4.83. The van der Waals surface area contributed by atoms with E-state index in [0.29, 0.717) is 32.6 Å². The zero-order valence-electron chi connectivity index (χ0n) is 14.2. The number of anilines is 1. The summed E-state index contributed by atoms with van der Waals surface area (Å²) in [4.78, 5) is 28.2. The van der Waals surface area contributed by atoms with Crippen molar-refractivity contribution in [1.82, 2.24) is 9.80 Å². The molecule has 1 heterocycles. The maximum atomic E-state index is 12.3. The Morgan fingerprint density at radius 2 is 1.36 bits per heavy atom. The fourth-order valence-electron chi connectivity index (χ4n) is 2.94. The minimum atomic E-state index is -0.109. The molecule has 0 saturated carbocycles. The zero-order chi connectivity index (χ0) is 17.5. The summed E-state index contributed by atoms with van der Waals surface area (Å²) in [5.74, 6) is 0.159. The largest absolute Gasteiger partial charge is 0.339 e. The molecular weight excluding hydrogens is 314 g/mol. The van der Waals surface area contributed by atoms with Crippen molar-refractivity contribution >= 4 is 17.6 Å². The van der Waals surface area contributed by atoms with Crippen molar-refractivity contribution in [2.75, 3.05) is 31.5 Å². The molecule has 5 nitrogen and oxygen atoms in total. The molecule has 0 atom stereocenters. The van der Waals surface area contributed by atoms with Crippen LogP contribution in [0.4, 0.5) is 10.5 Å². The summed E-state index contributed by atoms with van der Waals surface area (Å²) in [5.41, 5.74) is 1.96. The number of nitrogens with zero attached hydrogens (tertiary/aromatic N) is 2. The Kier molecular flexibility index (Phi) is 5.67. The van der Waals surface area contributed by atoms with E-state index in [1.807, 2.05) is 65.6 Å². The molecule has 3 rings (SSSR count). The average molecular weight is 337 g/mol. The van der Waals surface area contributed by atoms with Crippen LogP contribution in [0.1, 0.15) is 12.0 Å². The molecule has 1 aliphatic rings. The van der Waals surface area contributed by atoms with Gasteiger partial charge in [-0.25, -0.2) is 4.79 Å². The van der Waals surface area contributed by atoms with Gasteiger partial charge in [0.05, 0.1) is 0 Å². The van der Waals surface area contributed by atoms with Crippen LogP contribution in [-0.2, 0) is 11.2 Å². The van der Waals surface area contributed by atoms with Gasteiger partial charge >= 0.3 is 6.03 Å². The molecule has 0 aliphatic carbocycles. The van der Waals surface area contributed by atoms with Crippen molar-refractivity contribution in [3.8, 4) is 0 Å². The van der Waals surface area contributed by atoms with Crippen LogP contribution >= 0.6 is 0 Å². The van der Waals surface area contributed by atoms with E-state index in [2.05, 4.69) is 5.32 Å². The number of hydrogen-bond acceptors (Lipinski definition) is 2. The van der Waals surface area contributed by atoms with Crippen LogP contribution in [0.3, 0.4) is 0 Å². The Morgan fingerprint density at radius 3 is 2.00 bits per heavy atom. The lowest BCUT2D eigenvalue weighted by Gasteiger charge is -2.34. The number of carbonyl (C=O) groups excluding carboxylic acids is 2. The van der Waals surface area contributed by atoms with Gasteiger partial charge in [-0.3, -0.25) is 4.79 Å². The number of nitrogens with one attached hydrogen (secondary N) is 1. The van der Waals surface area contributed by atoms with E-state index in [4.69, 9.17) is 0 Å². The van der Waals surface area contributed by atoms with E-state index in [9.17, 15) is 9.59 Å². The lowest BCUT2D eigenvalue weighted by molar-refractivity contribution is -0.132. The predicted molar refractivity (Wildman–Crippen MR) is 98.4 cm³/mol. The van der Waals surface area contributed by atoms with Crippen LogP contribution < -0.4 is 5.32 Å². The Bertz CT molecular complexity index is 695. The number of aryl methyl sites for hydroxylation is 1. The van der Waals surface area contributed by atoms with E-state index in [1.165, 1.54) is 5.56 Å². The number of piperazine rings is 1. The molecule has 3 amide bonds. The first-order chi connectivity index (χ1) is 12.2. The molecule has 2 aromatic carbocycles. The Labute approximate surface area is 148 Å². The summed E-state index contributed by atoms with van der Waals surface area (Å²) >= 11 is 0. The molecule has 1 N–H and O–H groups in total. The highest BCUT2D eigenvalue weighted by atomic mass is 16.2. The Hall–Kier alpha value is -2.82. The highest BCUT2D eigenvalue weighted by Gasteiger charge is 2.23. The molecule has 1 fully saturated rings. The van der Waals surface area contributed by atoms with Gasteiger partial charge in [0, 0.05) is 38.3 Å². The van der Waals surface area contributed by atoms with Gasteiger partial charge in [-0.1, -0.05) is 48.5 Å². The molecule has 0 spiro atoms. The number of carbonyl (C=O) groups is 2. The van der Waals surface area contributed by atoms with Crippen LogP contribution in [-0.4, -0.2) is 47.9 Å². The monoisotopic (exact) mass is 337 g/mol. The quantitative estimate of drug-likeness (QED) is 0.932. The van der Waals surface area contributed by atoms with E-state index in [1.54, 1.807) is 4.90 Å². The lowest BCUT2D eigenvalue weighted by atomic mass is 10.1. The third-order valence-corrected chi connectivity index (χ3v) is 4.42. The topological polar surface area (TPSA) is 52.7 Å². The minimum Gasteiger partial charge on any atom is -0.339 e. The molecular formula is C20H23N3O2. The van der Waals surface area contributed by atoms with Crippen LogP contribution in [0.2, 0.25) is 0 Å². The van der Waals surface area contributed by atoms with Gasteiger partial charge in [-0.05, 0) is 24.1 Å². The summed E-state index contributed by atoms with van der Waals surface area (Å²) in [6.07, 6.45) is 1.27. The number of hydrogen-bond donors (Lipinski definition) is 1. The van der Waals surface area contributed by atoms with Crippen LogP contribution in [0, 0.1) is 0 Å². The molecule has 25 heavy (non-hydrogen) atoms. The molecule has 1 saturated heterocycles. The summed E-state index contributed by atoms with van der Waals surface area (Å²) in [7, 11) is 0. The van der Waals surface area contributed by atoms with Crippen molar-refractivity contribution in [1.29, 1.82) is 0 Å². The van der Waals surface area contributed by atoms with E-state index >= 15 is 0 Å². The second-order valence-corrected chi connectivity index (χ2v) is 6.15. The standard InChI is InChI=1S/C20H23N3O2/c24-19(12-11-17-7-3-1-4-8-17)22-13-15-23(16-14-22)20(25)21-18-9-5-2-6-10-18/h1-10H,11-16H2,(H,21,25). The molecule has 130 valence electrons. The molecule has 1 aliphatic heterocycles. The fraction of sp³-hybridized carbons (Fsp3) is 0.300. The molecule has 2 aromatic rings. The first-order valence-corrected chi connectivity index (χ1v) is 8.65. The molecule has 0 unspecified atom stereocenters. The first-order valence-electron chi connectivity index (χ1n) is 8.65. The maximum absolute atomic E-state index is 12.3. The molecule has 0 bridgehead atoms. The van der Waals surface area contributed by atoms with Crippen LogP contribution in [0.5, 0.6) is 0 Å². The second kappa shape index (κ2) is 8.33. The number of rotatable bonds is 4. The van der Waals surface area contributed by atoms with Gasteiger partial charge < -0.3 is 15.1 Å². The van der Waals surface area contributed by atoms with Gasteiger partial charge in [-0.15, -0.1) is 0 Å². The summed E-state index contributed by atoms with van der Waals surface area (Å²) in [5, 5.41) is 2.89. The van der Waals surface area contributed by atoms with Crippen molar-refractivity contribution in [3.05, 3.63) is 66.2 Å². The summed E-state index contributed by atoms with van der Waals surface area (Å²) in [6, 6.07) is 19.3.